The number of hydrogen-bond acceptors (Lipinski definition) is 4. The number of fused-ring (bicyclic) bond motifs is 1. The lowest BCUT2D eigenvalue weighted by molar-refractivity contribution is 0.412. The highest BCUT2D eigenvalue weighted by atomic mass is 79.9. The molecule has 0 radical (unpaired) electrons. The van der Waals surface area contributed by atoms with E-state index in [2.05, 4.69) is 48.2 Å². The molecule has 2 aromatic carbocycles. The van der Waals surface area contributed by atoms with Crippen molar-refractivity contribution in [3.05, 3.63) is 45.3 Å². The molecule has 3 rings (SSSR count). The molecule has 1 N–H and O–H groups in total. The molecule has 3 aromatic rings. The normalized spacial score (nSPS) is 10.8. The fourth-order valence-corrected chi connectivity index (χ4v) is 3.96. The van der Waals surface area contributed by atoms with E-state index < -0.39 is 0 Å². The number of rotatable bonds is 3. The minimum atomic E-state index is 0.775. The van der Waals surface area contributed by atoms with Crippen molar-refractivity contribution < 1.29 is 4.74 Å². The van der Waals surface area contributed by atoms with Crippen LogP contribution in [-0.2, 0) is 0 Å². The predicted octanol–water partition coefficient (Wildman–Crippen LogP) is 5.57. The van der Waals surface area contributed by atoms with Crippen molar-refractivity contribution in [1.82, 2.24) is 4.98 Å². The molecular formula is C14H10Br2N2OS. The minimum absolute atomic E-state index is 0.775. The molecule has 0 unspecified atom stereocenters. The first-order chi connectivity index (χ1) is 9.67. The van der Waals surface area contributed by atoms with Crippen molar-refractivity contribution >= 4 is 64.2 Å². The van der Waals surface area contributed by atoms with Crippen molar-refractivity contribution in [1.29, 1.82) is 0 Å². The molecule has 3 nitrogen and oxygen atoms in total. The Hall–Kier alpha value is -1.11. The van der Waals surface area contributed by atoms with Crippen molar-refractivity contribution in [3.63, 3.8) is 0 Å². The van der Waals surface area contributed by atoms with E-state index in [0.29, 0.717) is 0 Å². The van der Waals surface area contributed by atoms with Gasteiger partial charge in [-0.25, -0.2) is 4.98 Å². The number of ether oxygens (including phenoxy) is 1. The van der Waals surface area contributed by atoms with Gasteiger partial charge in [-0.15, -0.1) is 0 Å². The lowest BCUT2D eigenvalue weighted by Crippen LogP contribution is -1.93. The molecule has 0 bridgehead atoms. The first-order valence-corrected chi connectivity index (χ1v) is 8.23. The number of thiazole rings is 1. The number of benzene rings is 2. The molecule has 1 aromatic heterocycles. The Labute approximate surface area is 137 Å². The van der Waals surface area contributed by atoms with Gasteiger partial charge in [0.1, 0.15) is 5.75 Å². The number of methoxy groups -OCH3 is 1. The fourth-order valence-electron chi connectivity index (χ4n) is 1.82. The quantitative estimate of drug-likeness (QED) is 0.609. The summed E-state index contributed by atoms with van der Waals surface area (Å²) < 4.78 is 8.33. The maximum absolute atomic E-state index is 5.31. The van der Waals surface area contributed by atoms with Crippen LogP contribution in [0.3, 0.4) is 0 Å². The largest absolute Gasteiger partial charge is 0.495 e. The zero-order valence-electron chi connectivity index (χ0n) is 10.5. The van der Waals surface area contributed by atoms with E-state index in [0.717, 1.165) is 35.7 Å². The predicted molar refractivity (Wildman–Crippen MR) is 91.3 cm³/mol. The lowest BCUT2D eigenvalue weighted by atomic mass is 10.3. The Kier molecular flexibility index (Phi) is 3.96. The van der Waals surface area contributed by atoms with Gasteiger partial charge in [0, 0.05) is 10.5 Å². The molecule has 0 aliphatic rings. The second kappa shape index (κ2) is 5.71. The van der Waals surface area contributed by atoms with Gasteiger partial charge in [0.25, 0.3) is 0 Å². The molecule has 20 heavy (non-hydrogen) atoms. The van der Waals surface area contributed by atoms with Crippen molar-refractivity contribution in [2.45, 2.75) is 0 Å². The zero-order valence-corrected chi connectivity index (χ0v) is 14.5. The van der Waals surface area contributed by atoms with E-state index in [-0.39, 0.29) is 0 Å². The molecule has 0 fully saturated rings. The number of para-hydroxylation sites is 1. The van der Waals surface area contributed by atoms with Gasteiger partial charge in [0.15, 0.2) is 5.13 Å². The fraction of sp³-hybridized carbons (Fsp3) is 0.0714. The Balaban J connectivity index is 1.98. The van der Waals surface area contributed by atoms with Crippen LogP contribution in [0.4, 0.5) is 10.8 Å². The minimum Gasteiger partial charge on any atom is -0.495 e. The maximum Gasteiger partial charge on any atom is 0.188 e. The van der Waals surface area contributed by atoms with Crippen molar-refractivity contribution in [2.75, 3.05) is 12.4 Å². The summed E-state index contributed by atoms with van der Waals surface area (Å²) in [5.41, 5.74) is 1.92. The van der Waals surface area contributed by atoms with Crippen LogP contribution in [0, 0.1) is 0 Å². The summed E-state index contributed by atoms with van der Waals surface area (Å²) >= 11 is 8.62. The zero-order chi connectivity index (χ0) is 14.1. The summed E-state index contributed by atoms with van der Waals surface area (Å²) in [5.74, 6) is 0.775. The number of hydrogen-bond donors (Lipinski definition) is 1. The van der Waals surface area contributed by atoms with Gasteiger partial charge >= 0.3 is 0 Å². The van der Waals surface area contributed by atoms with E-state index in [9.17, 15) is 0 Å². The number of nitrogens with zero attached hydrogens (tertiary/aromatic N) is 1. The first kappa shape index (κ1) is 13.9. The average molecular weight is 414 g/mol. The third-order valence-corrected chi connectivity index (χ3v) is 5.00. The van der Waals surface area contributed by atoms with Gasteiger partial charge in [0.05, 0.1) is 27.5 Å². The van der Waals surface area contributed by atoms with Crippen LogP contribution < -0.4 is 10.1 Å². The molecule has 102 valence electrons. The standard InChI is InChI=1S/C14H10Br2N2OS/c1-19-12-7-11(8(15)6-9(12)16)18-14-17-10-4-2-3-5-13(10)20-14/h2-7H,1H3,(H,17,18). The van der Waals surface area contributed by atoms with Crippen LogP contribution in [0.1, 0.15) is 0 Å². The highest BCUT2D eigenvalue weighted by Crippen LogP contribution is 2.37. The molecule has 0 atom stereocenters. The second-order valence-corrected chi connectivity index (χ2v) is 6.82. The average Bonchev–Trinajstić information content (AvgIpc) is 2.84. The number of nitrogens with one attached hydrogen (secondary N) is 1. The summed E-state index contributed by atoms with van der Waals surface area (Å²) in [6, 6.07) is 12.0. The Bertz CT molecular complexity index is 740. The monoisotopic (exact) mass is 412 g/mol. The van der Waals surface area contributed by atoms with E-state index >= 15 is 0 Å². The van der Waals surface area contributed by atoms with E-state index in [1.54, 1.807) is 18.4 Å². The highest BCUT2D eigenvalue weighted by Gasteiger charge is 2.09. The summed E-state index contributed by atoms with van der Waals surface area (Å²) in [6.07, 6.45) is 0. The molecule has 6 heteroatoms. The van der Waals surface area contributed by atoms with Gasteiger partial charge in [-0.2, -0.15) is 0 Å². The summed E-state index contributed by atoms with van der Waals surface area (Å²) in [6.45, 7) is 0. The molecule has 1 heterocycles. The topological polar surface area (TPSA) is 34.1 Å². The first-order valence-electron chi connectivity index (χ1n) is 5.83. The van der Waals surface area contributed by atoms with E-state index in [1.807, 2.05) is 30.3 Å². The molecule has 0 spiro atoms. The summed E-state index contributed by atoms with van der Waals surface area (Å²) in [4.78, 5) is 4.56. The van der Waals surface area contributed by atoms with Crippen LogP contribution in [0.15, 0.2) is 45.3 Å². The second-order valence-electron chi connectivity index (χ2n) is 4.08. The highest BCUT2D eigenvalue weighted by molar-refractivity contribution is 9.11. The van der Waals surface area contributed by atoms with E-state index in [4.69, 9.17) is 4.74 Å². The molecule has 0 aliphatic heterocycles. The van der Waals surface area contributed by atoms with Crippen molar-refractivity contribution in [3.8, 4) is 5.75 Å². The number of anilines is 2. The summed E-state index contributed by atoms with van der Waals surface area (Å²) in [5, 5.41) is 4.18. The van der Waals surface area contributed by atoms with Crippen LogP contribution in [-0.4, -0.2) is 12.1 Å². The van der Waals surface area contributed by atoms with Gasteiger partial charge in [-0.05, 0) is 50.1 Å². The van der Waals surface area contributed by atoms with Gasteiger partial charge < -0.3 is 10.1 Å². The lowest BCUT2D eigenvalue weighted by Gasteiger charge is -2.09. The summed E-state index contributed by atoms with van der Waals surface area (Å²) in [7, 11) is 1.65. The Morgan fingerprint density at radius 1 is 1.15 bits per heavy atom. The number of aromatic nitrogens is 1. The third-order valence-electron chi connectivity index (χ3n) is 2.78. The van der Waals surface area contributed by atoms with Crippen LogP contribution >= 0.6 is 43.2 Å². The number of halogens is 2. The maximum atomic E-state index is 5.31. The van der Waals surface area contributed by atoms with Crippen LogP contribution in [0.2, 0.25) is 0 Å². The Morgan fingerprint density at radius 2 is 1.95 bits per heavy atom. The van der Waals surface area contributed by atoms with Crippen LogP contribution in [0.5, 0.6) is 5.75 Å². The molecular weight excluding hydrogens is 404 g/mol. The molecule has 0 saturated heterocycles. The molecule has 0 saturated carbocycles. The SMILES string of the molecule is COc1cc(Nc2nc3ccccc3s2)c(Br)cc1Br. The van der Waals surface area contributed by atoms with Crippen LogP contribution in [0.25, 0.3) is 10.2 Å². The van der Waals surface area contributed by atoms with Crippen molar-refractivity contribution in [2.24, 2.45) is 0 Å². The molecule has 0 aliphatic carbocycles. The van der Waals surface area contributed by atoms with Gasteiger partial charge in [-0.3, -0.25) is 0 Å². The Morgan fingerprint density at radius 3 is 2.70 bits per heavy atom. The van der Waals surface area contributed by atoms with Gasteiger partial charge in [0.2, 0.25) is 0 Å². The smallest absolute Gasteiger partial charge is 0.188 e. The molecule has 0 amide bonds. The van der Waals surface area contributed by atoms with E-state index in [1.165, 1.54) is 0 Å². The third kappa shape index (κ3) is 2.68. The van der Waals surface area contributed by atoms with Gasteiger partial charge in [-0.1, -0.05) is 23.5 Å².